The molecule has 1 aromatic carbocycles. The number of pyridine rings is 1. The molecule has 0 amide bonds. The Morgan fingerprint density at radius 1 is 1.16 bits per heavy atom. The summed E-state index contributed by atoms with van der Waals surface area (Å²) in [4.78, 5) is 6.59. The van der Waals surface area contributed by atoms with Gasteiger partial charge >= 0.3 is 0 Å². The Morgan fingerprint density at radius 2 is 1.95 bits per heavy atom. The van der Waals surface area contributed by atoms with Crippen LogP contribution in [0.1, 0.15) is 16.8 Å². The van der Waals surface area contributed by atoms with Crippen LogP contribution in [-0.2, 0) is 19.6 Å². The van der Waals surface area contributed by atoms with Gasteiger partial charge in [0, 0.05) is 30.9 Å². The van der Waals surface area contributed by atoms with Gasteiger partial charge in [-0.2, -0.15) is 0 Å². The van der Waals surface area contributed by atoms with Crippen LogP contribution in [0.3, 0.4) is 0 Å². The number of aromatic nitrogens is 1. The zero-order valence-corrected chi connectivity index (χ0v) is 11.8. The average molecular weight is 276 g/mol. The van der Waals surface area contributed by atoms with Gasteiger partial charge in [-0.1, -0.05) is 35.9 Å². The average Bonchev–Trinajstić information content (AvgIpc) is 2.42. The minimum atomic E-state index is 0.530. The fourth-order valence-corrected chi connectivity index (χ4v) is 2.11. The lowest BCUT2D eigenvalue weighted by molar-refractivity contribution is 0.315. The highest BCUT2D eigenvalue weighted by molar-refractivity contribution is 6.31. The van der Waals surface area contributed by atoms with E-state index in [1.165, 1.54) is 0 Å². The Kier molecular flexibility index (Phi) is 4.91. The summed E-state index contributed by atoms with van der Waals surface area (Å²) in [5, 5.41) is 0.806. The predicted molar refractivity (Wildman–Crippen MR) is 78.8 cm³/mol. The van der Waals surface area contributed by atoms with Crippen molar-refractivity contribution in [3.05, 3.63) is 64.4 Å². The van der Waals surface area contributed by atoms with Crippen LogP contribution in [-0.4, -0.2) is 16.9 Å². The molecule has 0 bridgehead atoms. The first-order valence-corrected chi connectivity index (χ1v) is 6.62. The summed E-state index contributed by atoms with van der Waals surface area (Å²) in [6.07, 6.45) is 1.83. The van der Waals surface area contributed by atoms with E-state index in [-0.39, 0.29) is 0 Å². The highest BCUT2D eigenvalue weighted by Gasteiger charge is 2.05. The van der Waals surface area contributed by atoms with Crippen molar-refractivity contribution in [1.29, 1.82) is 0 Å². The second-order valence-corrected chi connectivity index (χ2v) is 5.03. The lowest BCUT2D eigenvalue weighted by atomic mass is 10.2. The van der Waals surface area contributed by atoms with E-state index in [4.69, 9.17) is 17.3 Å². The molecular weight excluding hydrogens is 258 g/mol. The van der Waals surface area contributed by atoms with Crippen LogP contribution in [0.25, 0.3) is 0 Å². The summed E-state index contributed by atoms with van der Waals surface area (Å²) < 4.78 is 0. The molecule has 0 spiro atoms. The number of benzene rings is 1. The van der Waals surface area contributed by atoms with Gasteiger partial charge in [-0.15, -0.1) is 0 Å². The first kappa shape index (κ1) is 14.0. The van der Waals surface area contributed by atoms with Crippen LogP contribution in [0.2, 0.25) is 5.02 Å². The van der Waals surface area contributed by atoms with Crippen molar-refractivity contribution in [3.63, 3.8) is 0 Å². The highest BCUT2D eigenvalue weighted by Crippen LogP contribution is 2.17. The van der Waals surface area contributed by atoms with Crippen LogP contribution >= 0.6 is 11.6 Å². The summed E-state index contributed by atoms with van der Waals surface area (Å²) in [6.45, 7) is 2.12. The molecular formula is C15H18ClN3. The summed E-state index contributed by atoms with van der Waals surface area (Å²) in [5.74, 6) is 0. The van der Waals surface area contributed by atoms with Crippen molar-refractivity contribution in [2.45, 2.75) is 19.6 Å². The van der Waals surface area contributed by atoms with Crippen molar-refractivity contribution >= 4 is 11.6 Å². The smallest absolute Gasteiger partial charge is 0.0544 e. The molecule has 2 N–H and O–H groups in total. The normalized spacial score (nSPS) is 10.9. The molecule has 0 atom stereocenters. The second-order valence-electron chi connectivity index (χ2n) is 4.63. The Bertz CT molecular complexity index is 525. The van der Waals surface area contributed by atoms with Gasteiger partial charge in [0.1, 0.15) is 0 Å². The second kappa shape index (κ2) is 6.66. The Hall–Kier alpha value is -1.42. The fraction of sp³-hybridized carbons (Fsp3) is 0.267. The lowest BCUT2D eigenvalue weighted by Crippen LogP contribution is -2.18. The maximum absolute atomic E-state index is 6.15. The number of rotatable bonds is 5. The highest BCUT2D eigenvalue weighted by atomic mass is 35.5. The van der Waals surface area contributed by atoms with Gasteiger partial charge in [0.05, 0.1) is 5.69 Å². The summed E-state index contributed by atoms with van der Waals surface area (Å²) >= 11 is 6.15. The van der Waals surface area contributed by atoms with Gasteiger partial charge < -0.3 is 5.73 Å². The fourth-order valence-electron chi connectivity index (χ4n) is 1.92. The predicted octanol–water partition coefficient (Wildman–Crippen LogP) is 2.83. The Balaban J connectivity index is 1.97. The van der Waals surface area contributed by atoms with E-state index in [1.807, 2.05) is 42.6 Å². The van der Waals surface area contributed by atoms with E-state index >= 15 is 0 Å². The van der Waals surface area contributed by atoms with Gasteiger partial charge in [-0.05, 0) is 30.3 Å². The van der Waals surface area contributed by atoms with Crippen molar-refractivity contribution in [1.82, 2.24) is 9.88 Å². The zero-order valence-electron chi connectivity index (χ0n) is 11.0. The summed E-state index contributed by atoms with van der Waals surface area (Å²) in [6, 6.07) is 11.9. The first-order valence-electron chi connectivity index (χ1n) is 6.25. The van der Waals surface area contributed by atoms with Gasteiger partial charge in [-0.3, -0.25) is 9.88 Å². The molecule has 19 heavy (non-hydrogen) atoms. The Morgan fingerprint density at radius 3 is 2.58 bits per heavy atom. The molecule has 2 aromatic rings. The van der Waals surface area contributed by atoms with E-state index in [2.05, 4.69) is 16.9 Å². The van der Waals surface area contributed by atoms with Crippen LogP contribution in [0, 0.1) is 0 Å². The van der Waals surface area contributed by atoms with E-state index in [9.17, 15) is 0 Å². The number of hydrogen-bond donors (Lipinski definition) is 1. The molecule has 0 aliphatic heterocycles. The molecule has 0 saturated heterocycles. The number of halogens is 1. The molecule has 0 saturated carbocycles. The quantitative estimate of drug-likeness (QED) is 0.912. The van der Waals surface area contributed by atoms with Crippen LogP contribution in [0.4, 0.5) is 0 Å². The van der Waals surface area contributed by atoms with Crippen molar-refractivity contribution in [2.75, 3.05) is 7.05 Å². The monoisotopic (exact) mass is 275 g/mol. The van der Waals surface area contributed by atoms with Gasteiger partial charge in [0.25, 0.3) is 0 Å². The molecule has 1 aromatic heterocycles. The third-order valence-corrected chi connectivity index (χ3v) is 3.32. The molecule has 0 unspecified atom stereocenters. The molecule has 0 fully saturated rings. The maximum atomic E-state index is 6.15. The molecule has 3 nitrogen and oxygen atoms in total. The minimum Gasteiger partial charge on any atom is -0.326 e. The summed E-state index contributed by atoms with van der Waals surface area (Å²) in [7, 11) is 2.06. The Labute approximate surface area is 119 Å². The molecule has 100 valence electrons. The van der Waals surface area contributed by atoms with E-state index in [0.717, 1.165) is 34.9 Å². The largest absolute Gasteiger partial charge is 0.326 e. The van der Waals surface area contributed by atoms with E-state index in [0.29, 0.717) is 6.54 Å². The number of hydrogen-bond acceptors (Lipinski definition) is 3. The molecule has 0 radical (unpaired) electrons. The molecule has 4 heteroatoms. The van der Waals surface area contributed by atoms with Crippen molar-refractivity contribution in [3.8, 4) is 0 Å². The SMILES string of the molecule is CN(Cc1ccc(CN)cn1)Cc1ccccc1Cl. The van der Waals surface area contributed by atoms with Crippen LogP contribution in [0.5, 0.6) is 0 Å². The van der Waals surface area contributed by atoms with E-state index in [1.54, 1.807) is 0 Å². The topological polar surface area (TPSA) is 42.1 Å². The number of nitrogens with two attached hydrogens (primary N) is 1. The minimum absolute atomic E-state index is 0.530. The third kappa shape index (κ3) is 4.03. The molecule has 1 heterocycles. The lowest BCUT2D eigenvalue weighted by Gasteiger charge is -2.17. The zero-order chi connectivity index (χ0) is 13.7. The molecule has 0 aliphatic carbocycles. The van der Waals surface area contributed by atoms with Crippen LogP contribution < -0.4 is 5.73 Å². The van der Waals surface area contributed by atoms with Crippen LogP contribution in [0.15, 0.2) is 42.6 Å². The van der Waals surface area contributed by atoms with Crippen molar-refractivity contribution < 1.29 is 0 Å². The maximum Gasteiger partial charge on any atom is 0.0544 e. The standard InChI is InChI=1S/C15H18ClN3/c1-19(10-13-4-2-3-5-15(13)16)11-14-7-6-12(8-17)9-18-14/h2-7,9H,8,10-11,17H2,1H3. The van der Waals surface area contributed by atoms with Gasteiger partial charge in [0.2, 0.25) is 0 Å². The number of nitrogens with zero attached hydrogens (tertiary/aromatic N) is 2. The summed E-state index contributed by atoms with van der Waals surface area (Å²) in [5.41, 5.74) is 8.77. The molecule has 2 rings (SSSR count). The molecule has 0 aliphatic rings. The first-order chi connectivity index (χ1) is 9.19. The van der Waals surface area contributed by atoms with Gasteiger partial charge in [-0.25, -0.2) is 0 Å². The van der Waals surface area contributed by atoms with Crippen molar-refractivity contribution in [2.24, 2.45) is 5.73 Å². The third-order valence-electron chi connectivity index (χ3n) is 2.95. The van der Waals surface area contributed by atoms with E-state index < -0.39 is 0 Å². The van der Waals surface area contributed by atoms with Gasteiger partial charge in [0.15, 0.2) is 0 Å².